The fourth-order valence-corrected chi connectivity index (χ4v) is 2.15. The molecule has 1 aliphatic rings. The summed E-state index contributed by atoms with van der Waals surface area (Å²) in [6.07, 6.45) is 0. The molecule has 0 aromatic heterocycles. The summed E-state index contributed by atoms with van der Waals surface area (Å²) in [6.45, 7) is 4.83. The fourth-order valence-electron chi connectivity index (χ4n) is 1.71. The lowest BCUT2D eigenvalue weighted by Crippen LogP contribution is -2.26. The molecule has 1 unspecified atom stereocenters. The molecule has 1 fully saturated rings. The first kappa shape index (κ1) is 14.3. The van der Waals surface area contributed by atoms with Crippen LogP contribution < -0.4 is 10.6 Å². The summed E-state index contributed by atoms with van der Waals surface area (Å²) in [7, 11) is 0. The SMILES string of the molecule is CC(C)CN=C1NC(=O)C(c2ccc(Br)c(Cl)c2)N1. The number of hydrogen-bond donors (Lipinski definition) is 2. The topological polar surface area (TPSA) is 53.5 Å². The summed E-state index contributed by atoms with van der Waals surface area (Å²) >= 11 is 9.37. The average Bonchev–Trinajstić information content (AvgIpc) is 2.72. The Bertz CT molecular complexity index is 531. The number of halogens is 2. The summed E-state index contributed by atoms with van der Waals surface area (Å²) in [4.78, 5) is 16.2. The minimum Gasteiger partial charge on any atom is -0.340 e. The van der Waals surface area contributed by atoms with Gasteiger partial charge in [-0.2, -0.15) is 0 Å². The second-order valence-electron chi connectivity index (χ2n) is 4.82. The Morgan fingerprint density at radius 3 is 2.84 bits per heavy atom. The molecular formula is C13H15BrClN3O. The maximum absolute atomic E-state index is 11.9. The molecule has 4 nitrogen and oxygen atoms in total. The van der Waals surface area contributed by atoms with Gasteiger partial charge in [0.25, 0.3) is 5.91 Å². The first-order valence-corrected chi connectivity index (χ1v) is 7.21. The van der Waals surface area contributed by atoms with Crippen LogP contribution in [0, 0.1) is 5.92 Å². The number of hydrogen-bond acceptors (Lipinski definition) is 2. The van der Waals surface area contributed by atoms with Crippen molar-refractivity contribution in [2.45, 2.75) is 19.9 Å². The smallest absolute Gasteiger partial charge is 0.253 e. The number of guanidine groups is 1. The summed E-state index contributed by atoms with van der Waals surface area (Å²) < 4.78 is 0.810. The predicted octanol–water partition coefficient (Wildman–Crippen LogP) is 2.88. The standard InChI is InChI=1S/C13H15BrClN3O/c1-7(2)6-16-13-17-11(12(19)18-13)8-3-4-9(14)10(15)5-8/h3-5,7,11H,6H2,1-2H3,(H2,16,17,18,19). The Hall–Kier alpha value is -1.07. The monoisotopic (exact) mass is 343 g/mol. The molecule has 0 radical (unpaired) electrons. The third-order valence-electron chi connectivity index (χ3n) is 2.68. The minimum atomic E-state index is -0.434. The molecule has 0 saturated carbocycles. The second kappa shape index (κ2) is 5.92. The Labute approximate surface area is 125 Å². The van der Waals surface area contributed by atoms with E-state index in [0.29, 0.717) is 23.4 Å². The maximum atomic E-state index is 11.9. The Morgan fingerprint density at radius 1 is 1.47 bits per heavy atom. The number of amides is 1. The highest BCUT2D eigenvalue weighted by molar-refractivity contribution is 9.10. The molecule has 1 aromatic carbocycles. The van der Waals surface area contributed by atoms with Crippen LogP contribution in [-0.4, -0.2) is 18.4 Å². The lowest BCUT2D eigenvalue weighted by Gasteiger charge is -2.09. The molecule has 1 amide bonds. The van der Waals surface area contributed by atoms with Crippen molar-refractivity contribution in [1.29, 1.82) is 0 Å². The van der Waals surface area contributed by atoms with Crippen LogP contribution in [0.1, 0.15) is 25.5 Å². The van der Waals surface area contributed by atoms with E-state index in [9.17, 15) is 4.79 Å². The van der Waals surface area contributed by atoms with Gasteiger partial charge >= 0.3 is 0 Å². The molecule has 1 atom stereocenters. The van der Waals surface area contributed by atoms with Gasteiger partial charge in [0.05, 0.1) is 5.02 Å². The second-order valence-corrected chi connectivity index (χ2v) is 6.08. The third kappa shape index (κ3) is 3.48. The van der Waals surface area contributed by atoms with Gasteiger partial charge in [-0.3, -0.25) is 15.1 Å². The molecule has 1 saturated heterocycles. The van der Waals surface area contributed by atoms with Crippen molar-refractivity contribution in [3.8, 4) is 0 Å². The molecule has 102 valence electrons. The quantitative estimate of drug-likeness (QED) is 0.886. The third-order valence-corrected chi connectivity index (χ3v) is 3.91. The molecule has 1 aromatic rings. The Kier molecular flexibility index (Phi) is 4.47. The van der Waals surface area contributed by atoms with Crippen LogP contribution in [0.25, 0.3) is 0 Å². The molecule has 2 N–H and O–H groups in total. The number of benzene rings is 1. The van der Waals surface area contributed by atoms with Crippen molar-refractivity contribution in [2.24, 2.45) is 10.9 Å². The van der Waals surface area contributed by atoms with Crippen LogP contribution in [0.15, 0.2) is 27.7 Å². The van der Waals surface area contributed by atoms with Gasteiger partial charge in [0.2, 0.25) is 0 Å². The first-order valence-electron chi connectivity index (χ1n) is 6.04. The summed E-state index contributed by atoms with van der Waals surface area (Å²) in [5.74, 6) is 0.871. The lowest BCUT2D eigenvalue weighted by molar-refractivity contribution is -0.120. The molecule has 2 rings (SSSR count). The van der Waals surface area contributed by atoms with E-state index in [1.807, 2.05) is 12.1 Å². The van der Waals surface area contributed by atoms with Crippen LogP contribution in [-0.2, 0) is 4.79 Å². The number of aliphatic imine (C=N–C) groups is 1. The number of nitrogens with one attached hydrogen (secondary N) is 2. The molecular weight excluding hydrogens is 330 g/mol. The van der Waals surface area contributed by atoms with Gasteiger partial charge in [-0.15, -0.1) is 0 Å². The number of nitrogens with zero attached hydrogens (tertiary/aromatic N) is 1. The highest BCUT2D eigenvalue weighted by Gasteiger charge is 2.29. The summed E-state index contributed by atoms with van der Waals surface area (Å²) in [5, 5.41) is 6.39. The zero-order valence-corrected chi connectivity index (χ0v) is 13.0. The highest BCUT2D eigenvalue weighted by atomic mass is 79.9. The van der Waals surface area contributed by atoms with Crippen molar-refractivity contribution in [1.82, 2.24) is 10.6 Å². The number of rotatable bonds is 3. The van der Waals surface area contributed by atoms with Gasteiger partial charge in [-0.25, -0.2) is 0 Å². The highest BCUT2D eigenvalue weighted by Crippen LogP contribution is 2.27. The fraction of sp³-hybridized carbons (Fsp3) is 0.385. The van der Waals surface area contributed by atoms with E-state index < -0.39 is 6.04 Å². The van der Waals surface area contributed by atoms with Crippen molar-refractivity contribution in [3.63, 3.8) is 0 Å². The molecule has 1 aliphatic heterocycles. The van der Waals surface area contributed by atoms with E-state index >= 15 is 0 Å². The number of carbonyl (C=O) groups excluding carboxylic acids is 1. The van der Waals surface area contributed by atoms with Crippen LogP contribution in [0.5, 0.6) is 0 Å². The minimum absolute atomic E-state index is 0.110. The van der Waals surface area contributed by atoms with E-state index in [-0.39, 0.29) is 5.91 Å². The normalized spacial score (nSPS) is 20.8. The molecule has 0 spiro atoms. The van der Waals surface area contributed by atoms with Crippen molar-refractivity contribution >= 4 is 39.4 Å². The predicted molar refractivity (Wildman–Crippen MR) is 80.3 cm³/mol. The van der Waals surface area contributed by atoms with E-state index in [2.05, 4.69) is 45.4 Å². The van der Waals surface area contributed by atoms with Crippen LogP contribution >= 0.6 is 27.5 Å². The Balaban J connectivity index is 2.15. The van der Waals surface area contributed by atoms with Crippen LogP contribution in [0.2, 0.25) is 5.02 Å². The van der Waals surface area contributed by atoms with Gasteiger partial charge in [-0.1, -0.05) is 31.5 Å². The van der Waals surface area contributed by atoms with E-state index in [1.165, 1.54) is 0 Å². The summed E-state index contributed by atoms with van der Waals surface area (Å²) in [6, 6.07) is 5.03. The van der Waals surface area contributed by atoms with Crippen molar-refractivity contribution in [3.05, 3.63) is 33.3 Å². The Morgan fingerprint density at radius 2 is 2.21 bits per heavy atom. The average molecular weight is 345 g/mol. The van der Waals surface area contributed by atoms with E-state index in [4.69, 9.17) is 11.6 Å². The van der Waals surface area contributed by atoms with Crippen molar-refractivity contribution in [2.75, 3.05) is 6.54 Å². The maximum Gasteiger partial charge on any atom is 0.253 e. The van der Waals surface area contributed by atoms with Gasteiger partial charge in [0.1, 0.15) is 6.04 Å². The molecule has 0 bridgehead atoms. The van der Waals surface area contributed by atoms with Crippen LogP contribution in [0.4, 0.5) is 0 Å². The molecule has 1 heterocycles. The molecule has 6 heteroatoms. The zero-order chi connectivity index (χ0) is 14.0. The van der Waals surface area contributed by atoms with Gasteiger partial charge in [0.15, 0.2) is 5.96 Å². The van der Waals surface area contributed by atoms with E-state index in [0.717, 1.165) is 10.0 Å². The zero-order valence-electron chi connectivity index (χ0n) is 10.7. The molecule has 19 heavy (non-hydrogen) atoms. The van der Waals surface area contributed by atoms with Crippen molar-refractivity contribution < 1.29 is 4.79 Å². The van der Waals surface area contributed by atoms with Gasteiger partial charge < -0.3 is 5.32 Å². The molecule has 0 aliphatic carbocycles. The lowest BCUT2D eigenvalue weighted by atomic mass is 10.1. The van der Waals surface area contributed by atoms with Gasteiger partial charge in [0, 0.05) is 11.0 Å². The summed E-state index contributed by atoms with van der Waals surface area (Å²) in [5.41, 5.74) is 0.820. The largest absolute Gasteiger partial charge is 0.340 e. The van der Waals surface area contributed by atoms with E-state index in [1.54, 1.807) is 6.07 Å². The van der Waals surface area contributed by atoms with Crippen LogP contribution in [0.3, 0.4) is 0 Å². The first-order chi connectivity index (χ1) is 8.97. The number of carbonyl (C=O) groups is 1. The van der Waals surface area contributed by atoms with Gasteiger partial charge in [-0.05, 0) is 39.5 Å².